The maximum Gasteiger partial charge on any atom is 0.124 e. The highest BCUT2D eigenvalue weighted by Gasteiger charge is 2.11. The first-order valence-corrected chi connectivity index (χ1v) is 5.27. The molecule has 92 valence electrons. The number of ether oxygens (including phenoxy) is 1. The minimum Gasteiger partial charge on any atom is -0.491 e. The van der Waals surface area contributed by atoms with Crippen molar-refractivity contribution >= 4 is 12.4 Å². The van der Waals surface area contributed by atoms with Crippen molar-refractivity contribution in [1.29, 1.82) is 0 Å². The summed E-state index contributed by atoms with van der Waals surface area (Å²) in [5.41, 5.74) is 6.90. The second-order valence-corrected chi connectivity index (χ2v) is 3.82. The topological polar surface area (TPSA) is 55.5 Å². The second kappa shape index (κ2) is 7.49. The Morgan fingerprint density at radius 2 is 1.94 bits per heavy atom. The van der Waals surface area contributed by atoms with Gasteiger partial charge in [-0.15, -0.1) is 12.4 Å². The number of nitrogens with two attached hydrogens (primary N) is 1. The number of hydrogen-bond acceptors (Lipinski definition) is 3. The summed E-state index contributed by atoms with van der Waals surface area (Å²) in [7, 11) is 0. The van der Waals surface area contributed by atoms with Gasteiger partial charge in [-0.3, -0.25) is 0 Å². The third-order valence-corrected chi connectivity index (χ3v) is 2.12. The minimum absolute atomic E-state index is 0. The van der Waals surface area contributed by atoms with E-state index in [9.17, 15) is 0 Å². The van der Waals surface area contributed by atoms with Crippen LogP contribution in [-0.2, 0) is 0 Å². The molecular formula is C12H20ClNO2. The summed E-state index contributed by atoms with van der Waals surface area (Å²) in [6, 6.07) is 7.54. The van der Waals surface area contributed by atoms with E-state index in [4.69, 9.17) is 15.6 Å². The third kappa shape index (κ3) is 4.39. The monoisotopic (exact) mass is 245 g/mol. The maximum absolute atomic E-state index is 8.85. The van der Waals surface area contributed by atoms with Gasteiger partial charge in [-0.05, 0) is 26.3 Å². The smallest absolute Gasteiger partial charge is 0.124 e. The Bertz CT molecular complexity index is 305. The van der Waals surface area contributed by atoms with Gasteiger partial charge in [-0.25, -0.2) is 0 Å². The zero-order valence-corrected chi connectivity index (χ0v) is 10.5. The number of rotatable bonds is 5. The highest BCUT2D eigenvalue weighted by atomic mass is 35.5. The van der Waals surface area contributed by atoms with Crippen molar-refractivity contribution in [1.82, 2.24) is 0 Å². The highest BCUT2D eigenvalue weighted by molar-refractivity contribution is 5.85. The molecule has 0 spiro atoms. The van der Waals surface area contributed by atoms with Crippen molar-refractivity contribution in [2.75, 3.05) is 6.61 Å². The van der Waals surface area contributed by atoms with Crippen LogP contribution in [0.15, 0.2) is 24.3 Å². The maximum atomic E-state index is 8.85. The van der Waals surface area contributed by atoms with Gasteiger partial charge < -0.3 is 15.6 Å². The summed E-state index contributed by atoms with van der Waals surface area (Å²) in [6.45, 7) is 4.06. The van der Waals surface area contributed by atoms with E-state index in [1.165, 1.54) is 0 Å². The Morgan fingerprint density at radius 1 is 1.31 bits per heavy atom. The molecule has 0 aliphatic rings. The van der Waals surface area contributed by atoms with E-state index in [0.29, 0.717) is 6.42 Å². The summed E-state index contributed by atoms with van der Waals surface area (Å²) >= 11 is 0. The molecule has 0 fully saturated rings. The summed E-state index contributed by atoms with van der Waals surface area (Å²) in [5.74, 6) is 0.813. The SMILES string of the molecule is CC(C)Oc1ccccc1[C@@H](N)CCO.Cl. The quantitative estimate of drug-likeness (QED) is 0.837. The molecule has 0 unspecified atom stereocenters. The summed E-state index contributed by atoms with van der Waals surface area (Å²) in [4.78, 5) is 0. The number of hydrogen-bond donors (Lipinski definition) is 2. The molecule has 0 heterocycles. The van der Waals surface area contributed by atoms with E-state index in [0.717, 1.165) is 11.3 Å². The van der Waals surface area contributed by atoms with Gasteiger partial charge in [0.05, 0.1) is 6.10 Å². The van der Waals surface area contributed by atoms with Crippen LogP contribution in [0.3, 0.4) is 0 Å². The van der Waals surface area contributed by atoms with Gasteiger partial charge in [0.1, 0.15) is 5.75 Å². The number of para-hydroxylation sites is 1. The van der Waals surface area contributed by atoms with Gasteiger partial charge in [-0.2, -0.15) is 0 Å². The van der Waals surface area contributed by atoms with Crippen LogP contribution in [-0.4, -0.2) is 17.8 Å². The van der Waals surface area contributed by atoms with Gasteiger partial charge in [0.15, 0.2) is 0 Å². The second-order valence-electron chi connectivity index (χ2n) is 3.82. The molecule has 1 aromatic carbocycles. The van der Waals surface area contributed by atoms with Crippen LogP contribution in [0.1, 0.15) is 31.9 Å². The van der Waals surface area contributed by atoms with Crippen molar-refractivity contribution in [2.45, 2.75) is 32.4 Å². The summed E-state index contributed by atoms with van der Waals surface area (Å²) in [6.07, 6.45) is 0.686. The van der Waals surface area contributed by atoms with E-state index < -0.39 is 0 Å². The van der Waals surface area contributed by atoms with Crippen molar-refractivity contribution in [3.63, 3.8) is 0 Å². The fourth-order valence-electron chi connectivity index (χ4n) is 1.44. The minimum atomic E-state index is -0.162. The molecule has 0 amide bonds. The lowest BCUT2D eigenvalue weighted by molar-refractivity contribution is 0.235. The summed E-state index contributed by atoms with van der Waals surface area (Å²) in [5, 5.41) is 8.85. The average Bonchev–Trinajstić information content (AvgIpc) is 2.18. The van der Waals surface area contributed by atoms with Crippen LogP contribution >= 0.6 is 12.4 Å². The molecule has 0 bridgehead atoms. The zero-order valence-electron chi connectivity index (χ0n) is 9.72. The first kappa shape index (κ1) is 15.2. The molecule has 1 atom stereocenters. The zero-order chi connectivity index (χ0) is 11.3. The molecule has 3 nitrogen and oxygen atoms in total. The molecule has 3 N–H and O–H groups in total. The normalized spacial score (nSPS) is 12.1. The van der Waals surface area contributed by atoms with Gasteiger partial charge >= 0.3 is 0 Å². The van der Waals surface area contributed by atoms with Gasteiger partial charge in [-0.1, -0.05) is 18.2 Å². The lowest BCUT2D eigenvalue weighted by atomic mass is 10.0. The van der Waals surface area contributed by atoms with Crippen LogP contribution in [0, 0.1) is 0 Å². The Labute approximate surface area is 103 Å². The standard InChI is InChI=1S/C12H19NO2.ClH/c1-9(2)15-12-6-4-3-5-10(12)11(13)7-8-14;/h3-6,9,11,14H,7-8,13H2,1-2H3;1H/t11-;/m0./s1. The molecule has 16 heavy (non-hydrogen) atoms. The largest absolute Gasteiger partial charge is 0.491 e. The lowest BCUT2D eigenvalue weighted by Gasteiger charge is -2.17. The van der Waals surface area contributed by atoms with Gasteiger partial charge in [0, 0.05) is 18.2 Å². The van der Waals surface area contributed by atoms with Crippen molar-refractivity contribution in [3.8, 4) is 5.75 Å². The fourth-order valence-corrected chi connectivity index (χ4v) is 1.44. The molecule has 0 aromatic heterocycles. The molecule has 0 saturated heterocycles. The first-order valence-electron chi connectivity index (χ1n) is 5.27. The summed E-state index contributed by atoms with van der Waals surface area (Å²) < 4.78 is 5.65. The number of aliphatic hydroxyl groups is 1. The molecule has 0 aliphatic carbocycles. The predicted octanol–water partition coefficient (Wildman–Crippen LogP) is 2.28. The molecular weight excluding hydrogens is 226 g/mol. The number of aliphatic hydroxyl groups excluding tert-OH is 1. The lowest BCUT2D eigenvalue weighted by Crippen LogP contribution is -2.15. The molecule has 1 rings (SSSR count). The van der Waals surface area contributed by atoms with Gasteiger partial charge in [0.2, 0.25) is 0 Å². The molecule has 1 aromatic rings. The van der Waals surface area contributed by atoms with E-state index >= 15 is 0 Å². The van der Waals surface area contributed by atoms with E-state index in [1.54, 1.807) is 0 Å². The predicted molar refractivity (Wildman–Crippen MR) is 68.1 cm³/mol. The molecule has 0 saturated carbocycles. The average molecular weight is 246 g/mol. The van der Waals surface area contributed by atoms with Gasteiger partial charge in [0.25, 0.3) is 0 Å². The van der Waals surface area contributed by atoms with Crippen LogP contribution in [0.25, 0.3) is 0 Å². The fraction of sp³-hybridized carbons (Fsp3) is 0.500. The molecule has 0 aliphatic heterocycles. The number of benzene rings is 1. The van der Waals surface area contributed by atoms with Crippen molar-refractivity contribution in [2.24, 2.45) is 5.73 Å². The Hall–Kier alpha value is -0.770. The van der Waals surface area contributed by atoms with E-state index in [2.05, 4.69) is 0 Å². The number of halogens is 1. The molecule has 4 heteroatoms. The highest BCUT2D eigenvalue weighted by Crippen LogP contribution is 2.26. The Balaban J connectivity index is 0.00000225. The van der Waals surface area contributed by atoms with E-state index in [1.807, 2.05) is 38.1 Å². The van der Waals surface area contributed by atoms with E-state index in [-0.39, 0.29) is 31.2 Å². The van der Waals surface area contributed by atoms with Crippen molar-refractivity contribution in [3.05, 3.63) is 29.8 Å². The molecule has 0 radical (unpaired) electrons. The van der Waals surface area contributed by atoms with Crippen LogP contribution in [0.5, 0.6) is 5.75 Å². The van der Waals surface area contributed by atoms with Crippen LogP contribution in [0.2, 0.25) is 0 Å². The van der Waals surface area contributed by atoms with Crippen molar-refractivity contribution < 1.29 is 9.84 Å². The Morgan fingerprint density at radius 3 is 2.50 bits per heavy atom. The third-order valence-electron chi connectivity index (χ3n) is 2.12. The van der Waals surface area contributed by atoms with Crippen LogP contribution < -0.4 is 10.5 Å². The Kier molecular flexibility index (Phi) is 7.13. The first-order chi connectivity index (χ1) is 7.15. The van der Waals surface area contributed by atoms with Crippen LogP contribution in [0.4, 0.5) is 0 Å².